The van der Waals surface area contributed by atoms with E-state index in [2.05, 4.69) is 9.97 Å². The summed E-state index contributed by atoms with van der Waals surface area (Å²) in [5.41, 5.74) is 5.03. The van der Waals surface area contributed by atoms with Gasteiger partial charge in [-0.25, -0.2) is 4.98 Å². The van der Waals surface area contributed by atoms with Crippen LogP contribution < -0.4 is 16.0 Å². The molecule has 0 aliphatic rings. The van der Waals surface area contributed by atoms with E-state index < -0.39 is 5.56 Å². The average molecular weight is 273 g/mol. The maximum absolute atomic E-state index is 11.1. The minimum atomic E-state index is -0.419. The second-order valence-electron chi connectivity index (χ2n) is 3.52. The Morgan fingerprint density at radius 1 is 1.16 bits per heavy atom. The summed E-state index contributed by atoms with van der Waals surface area (Å²) in [7, 11) is 1.62. The van der Waals surface area contributed by atoms with Crippen LogP contribution >= 0.6 is 0 Å². The molecule has 3 N–H and O–H groups in total. The number of hydrogen-bond donors (Lipinski definition) is 2. The number of methoxy groups -OCH3 is 1. The van der Waals surface area contributed by atoms with Gasteiger partial charge in [0.15, 0.2) is 5.69 Å². The van der Waals surface area contributed by atoms with Crippen molar-refractivity contribution in [1.82, 2.24) is 9.97 Å². The van der Waals surface area contributed by atoms with Crippen LogP contribution in [-0.4, -0.2) is 56.7 Å². The molecule has 0 saturated heterocycles. The Labute approximate surface area is 110 Å². The number of aromatic amines is 1. The summed E-state index contributed by atoms with van der Waals surface area (Å²) in [5.74, 6) is 0.115. The van der Waals surface area contributed by atoms with Crippen LogP contribution in [0.15, 0.2) is 11.1 Å². The van der Waals surface area contributed by atoms with Crippen molar-refractivity contribution in [3.05, 3.63) is 16.7 Å². The van der Waals surface area contributed by atoms with Crippen LogP contribution in [0.25, 0.3) is 0 Å². The molecule has 1 aromatic heterocycles. The maximum Gasteiger partial charge on any atom is 0.277 e. The zero-order valence-electron chi connectivity index (χ0n) is 10.9. The van der Waals surface area contributed by atoms with Crippen LogP contribution in [0, 0.1) is 0 Å². The standard InChI is InChI=1S/C11H19N3O5/c1-16-2-3-17-4-5-18-6-7-19-11-9(12)10(15)13-8-14-11/h8H,2-7,12H2,1H3,(H,13,14,15). The molecule has 0 aromatic carbocycles. The fourth-order valence-corrected chi connectivity index (χ4v) is 1.17. The molecule has 0 bridgehead atoms. The Balaban J connectivity index is 2.05. The first-order valence-corrected chi connectivity index (χ1v) is 5.86. The third kappa shape index (κ3) is 6.18. The van der Waals surface area contributed by atoms with Gasteiger partial charge in [0.1, 0.15) is 6.61 Å². The van der Waals surface area contributed by atoms with Crippen molar-refractivity contribution in [2.24, 2.45) is 0 Å². The van der Waals surface area contributed by atoms with Gasteiger partial charge in [0, 0.05) is 7.11 Å². The molecule has 8 nitrogen and oxygen atoms in total. The van der Waals surface area contributed by atoms with Crippen LogP contribution in [0.1, 0.15) is 0 Å². The van der Waals surface area contributed by atoms with Crippen molar-refractivity contribution in [3.8, 4) is 5.88 Å². The van der Waals surface area contributed by atoms with Gasteiger partial charge in [0.2, 0.25) is 5.88 Å². The lowest BCUT2D eigenvalue weighted by Crippen LogP contribution is -2.17. The van der Waals surface area contributed by atoms with Gasteiger partial charge in [-0.05, 0) is 0 Å². The summed E-state index contributed by atoms with van der Waals surface area (Å²) in [6, 6.07) is 0. The van der Waals surface area contributed by atoms with E-state index >= 15 is 0 Å². The molecule has 0 aliphatic heterocycles. The molecule has 0 amide bonds. The Morgan fingerprint density at radius 3 is 2.47 bits per heavy atom. The van der Waals surface area contributed by atoms with E-state index in [1.807, 2.05) is 0 Å². The molecular formula is C11H19N3O5. The molecule has 0 unspecified atom stereocenters. The zero-order valence-corrected chi connectivity index (χ0v) is 10.9. The van der Waals surface area contributed by atoms with E-state index in [0.717, 1.165) is 0 Å². The predicted molar refractivity (Wildman–Crippen MR) is 68.3 cm³/mol. The van der Waals surface area contributed by atoms with Crippen LogP contribution in [0.4, 0.5) is 5.69 Å². The summed E-state index contributed by atoms with van der Waals surface area (Å²) in [5, 5.41) is 0. The van der Waals surface area contributed by atoms with E-state index in [1.165, 1.54) is 6.33 Å². The molecule has 1 heterocycles. The molecule has 0 fully saturated rings. The number of nitrogen functional groups attached to an aromatic ring is 1. The van der Waals surface area contributed by atoms with Crippen molar-refractivity contribution in [3.63, 3.8) is 0 Å². The summed E-state index contributed by atoms with van der Waals surface area (Å²) >= 11 is 0. The SMILES string of the molecule is COCCOCCOCCOc1nc[nH]c(=O)c1N. The van der Waals surface area contributed by atoms with Crippen LogP contribution in [-0.2, 0) is 14.2 Å². The fourth-order valence-electron chi connectivity index (χ4n) is 1.17. The van der Waals surface area contributed by atoms with Crippen molar-refractivity contribution >= 4 is 5.69 Å². The molecular weight excluding hydrogens is 254 g/mol. The lowest BCUT2D eigenvalue weighted by atomic mass is 10.5. The third-order valence-corrected chi connectivity index (χ3v) is 2.12. The first kappa shape index (κ1) is 15.4. The minimum absolute atomic E-state index is 0.0367. The number of rotatable bonds is 10. The van der Waals surface area contributed by atoms with Gasteiger partial charge in [-0.2, -0.15) is 0 Å². The fraction of sp³-hybridized carbons (Fsp3) is 0.636. The first-order valence-electron chi connectivity index (χ1n) is 5.86. The Bertz CT molecular complexity index is 410. The van der Waals surface area contributed by atoms with Crippen LogP contribution in [0.5, 0.6) is 5.88 Å². The summed E-state index contributed by atoms with van der Waals surface area (Å²) in [6.45, 7) is 2.70. The Kier molecular flexibility index (Phi) is 7.56. The van der Waals surface area contributed by atoms with Crippen molar-refractivity contribution < 1.29 is 18.9 Å². The molecule has 0 saturated carbocycles. The van der Waals surface area contributed by atoms with Gasteiger partial charge in [0.05, 0.1) is 39.4 Å². The number of nitrogens with two attached hydrogens (primary N) is 1. The number of aromatic nitrogens is 2. The highest BCUT2D eigenvalue weighted by Gasteiger charge is 2.04. The highest BCUT2D eigenvalue weighted by molar-refractivity contribution is 5.44. The number of nitrogens with zero attached hydrogens (tertiary/aromatic N) is 1. The van der Waals surface area contributed by atoms with E-state index in [-0.39, 0.29) is 18.2 Å². The lowest BCUT2D eigenvalue weighted by Gasteiger charge is -2.07. The monoisotopic (exact) mass is 273 g/mol. The zero-order chi connectivity index (χ0) is 13.9. The van der Waals surface area contributed by atoms with E-state index in [1.54, 1.807) is 7.11 Å². The van der Waals surface area contributed by atoms with Crippen molar-refractivity contribution in [2.45, 2.75) is 0 Å². The molecule has 0 radical (unpaired) electrons. The smallest absolute Gasteiger partial charge is 0.277 e. The van der Waals surface area contributed by atoms with E-state index in [4.69, 9.17) is 24.7 Å². The van der Waals surface area contributed by atoms with E-state index in [9.17, 15) is 4.79 Å². The highest BCUT2D eigenvalue weighted by Crippen LogP contribution is 2.09. The quantitative estimate of drug-likeness (QED) is 0.548. The van der Waals surface area contributed by atoms with Crippen LogP contribution in [0.2, 0.25) is 0 Å². The number of ether oxygens (including phenoxy) is 4. The minimum Gasteiger partial charge on any atom is -0.474 e. The molecule has 108 valence electrons. The lowest BCUT2D eigenvalue weighted by molar-refractivity contribution is 0.0177. The van der Waals surface area contributed by atoms with Crippen molar-refractivity contribution in [2.75, 3.05) is 52.5 Å². The summed E-state index contributed by atoms with van der Waals surface area (Å²) in [6.07, 6.45) is 1.23. The normalized spacial score (nSPS) is 10.6. The molecule has 8 heteroatoms. The van der Waals surface area contributed by atoms with Gasteiger partial charge < -0.3 is 29.7 Å². The van der Waals surface area contributed by atoms with Gasteiger partial charge in [-0.1, -0.05) is 0 Å². The van der Waals surface area contributed by atoms with Crippen molar-refractivity contribution in [1.29, 1.82) is 0 Å². The van der Waals surface area contributed by atoms with Gasteiger partial charge in [-0.15, -0.1) is 0 Å². The topological polar surface area (TPSA) is 109 Å². The second-order valence-corrected chi connectivity index (χ2v) is 3.52. The van der Waals surface area contributed by atoms with Gasteiger partial charge in [0.25, 0.3) is 5.56 Å². The predicted octanol–water partition coefficient (Wildman–Crippen LogP) is -0.589. The summed E-state index contributed by atoms with van der Waals surface area (Å²) in [4.78, 5) is 17.3. The maximum atomic E-state index is 11.1. The first-order chi connectivity index (χ1) is 9.25. The molecule has 0 aliphatic carbocycles. The average Bonchev–Trinajstić information content (AvgIpc) is 2.41. The molecule has 0 atom stereocenters. The highest BCUT2D eigenvalue weighted by atomic mass is 16.6. The molecule has 0 spiro atoms. The Hall–Kier alpha value is -1.64. The number of H-pyrrole nitrogens is 1. The third-order valence-electron chi connectivity index (χ3n) is 2.12. The second kappa shape index (κ2) is 9.31. The number of anilines is 1. The molecule has 19 heavy (non-hydrogen) atoms. The van der Waals surface area contributed by atoms with E-state index in [0.29, 0.717) is 33.0 Å². The molecule has 1 rings (SSSR count). The number of hydrogen-bond acceptors (Lipinski definition) is 7. The largest absolute Gasteiger partial charge is 0.474 e. The Morgan fingerprint density at radius 2 is 1.79 bits per heavy atom. The molecule has 1 aromatic rings. The summed E-state index contributed by atoms with van der Waals surface area (Å²) < 4.78 is 20.5. The van der Waals surface area contributed by atoms with Crippen LogP contribution in [0.3, 0.4) is 0 Å². The van der Waals surface area contributed by atoms with Gasteiger partial charge in [-0.3, -0.25) is 4.79 Å². The number of nitrogens with one attached hydrogen (secondary N) is 1. The van der Waals surface area contributed by atoms with Gasteiger partial charge >= 0.3 is 0 Å².